The summed E-state index contributed by atoms with van der Waals surface area (Å²) in [6.07, 6.45) is 4.42. The summed E-state index contributed by atoms with van der Waals surface area (Å²) in [7, 11) is 1.93. The quantitative estimate of drug-likeness (QED) is 0.879. The molecule has 2 heterocycles. The molecule has 96 valence electrons. The summed E-state index contributed by atoms with van der Waals surface area (Å²) in [5, 5.41) is 10.7. The number of aliphatic hydroxyl groups is 1. The second kappa shape index (κ2) is 4.96. The molecule has 5 heteroatoms. The number of likely N-dealkylation sites (tertiary alicyclic amines) is 1. The predicted octanol–water partition coefficient (Wildman–Crippen LogP) is 1.81. The average molecular weight is 258 g/mol. The van der Waals surface area contributed by atoms with Crippen molar-refractivity contribution in [2.24, 2.45) is 7.05 Å². The fourth-order valence-electron chi connectivity index (χ4n) is 2.25. The van der Waals surface area contributed by atoms with Crippen LogP contribution in [0, 0.1) is 0 Å². The van der Waals surface area contributed by atoms with Gasteiger partial charge in [-0.05, 0) is 32.7 Å². The standard InChI is InChI=1S/C12H20ClN3O/c1-12(17)4-3-6-16(7-5-12)9-11-14-8-10(13)15(11)2/h8,17H,3-7,9H2,1-2H3. The fraction of sp³-hybridized carbons (Fsp3) is 0.750. The SMILES string of the molecule is Cn1c(Cl)cnc1CN1CCCC(C)(O)CC1. The summed E-state index contributed by atoms with van der Waals surface area (Å²) in [6.45, 7) is 4.66. The van der Waals surface area contributed by atoms with E-state index < -0.39 is 5.60 Å². The lowest BCUT2D eigenvalue weighted by Crippen LogP contribution is -2.28. The summed E-state index contributed by atoms with van der Waals surface area (Å²) in [5.74, 6) is 0.983. The van der Waals surface area contributed by atoms with Gasteiger partial charge in [0.05, 0.1) is 18.3 Å². The third-order valence-corrected chi connectivity index (χ3v) is 3.90. The van der Waals surface area contributed by atoms with E-state index in [1.807, 2.05) is 18.5 Å². The van der Waals surface area contributed by atoms with Crippen LogP contribution in [0.4, 0.5) is 0 Å². The smallest absolute Gasteiger partial charge is 0.128 e. The Morgan fingerprint density at radius 3 is 2.88 bits per heavy atom. The maximum Gasteiger partial charge on any atom is 0.128 e. The van der Waals surface area contributed by atoms with E-state index in [0.29, 0.717) is 5.15 Å². The van der Waals surface area contributed by atoms with Crippen LogP contribution in [0.3, 0.4) is 0 Å². The Morgan fingerprint density at radius 1 is 1.47 bits per heavy atom. The summed E-state index contributed by atoms with van der Waals surface area (Å²) in [4.78, 5) is 6.64. The molecule has 1 N–H and O–H groups in total. The molecule has 0 radical (unpaired) electrons. The van der Waals surface area contributed by atoms with Crippen LogP contribution < -0.4 is 0 Å². The lowest BCUT2D eigenvalue weighted by atomic mass is 9.98. The maximum atomic E-state index is 10.0. The van der Waals surface area contributed by atoms with Gasteiger partial charge < -0.3 is 9.67 Å². The minimum Gasteiger partial charge on any atom is -0.390 e. The molecule has 1 unspecified atom stereocenters. The van der Waals surface area contributed by atoms with Gasteiger partial charge in [0, 0.05) is 13.6 Å². The van der Waals surface area contributed by atoms with Crippen molar-refractivity contribution < 1.29 is 5.11 Å². The minimum absolute atomic E-state index is 0.506. The largest absolute Gasteiger partial charge is 0.390 e. The number of nitrogens with zero attached hydrogens (tertiary/aromatic N) is 3. The molecule has 1 aromatic heterocycles. The van der Waals surface area contributed by atoms with Gasteiger partial charge in [0.25, 0.3) is 0 Å². The first-order valence-electron chi connectivity index (χ1n) is 6.09. The number of aromatic nitrogens is 2. The number of imidazole rings is 1. The second-order valence-electron chi connectivity index (χ2n) is 5.18. The van der Waals surface area contributed by atoms with E-state index in [1.165, 1.54) is 0 Å². The van der Waals surface area contributed by atoms with Gasteiger partial charge in [-0.2, -0.15) is 0 Å². The first kappa shape index (κ1) is 12.9. The molecular weight excluding hydrogens is 238 g/mol. The first-order chi connectivity index (χ1) is 7.98. The highest BCUT2D eigenvalue weighted by molar-refractivity contribution is 6.29. The van der Waals surface area contributed by atoms with Crippen molar-refractivity contribution in [2.45, 2.75) is 38.3 Å². The molecule has 1 saturated heterocycles. The van der Waals surface area contributed by atoms with E-state index in [2.05, 4.69) is 9.88 Å². The van der Waals surface area contributed by atoms with Gasteiger partial charge in [-0.3, -0.25) is 4.90 Å². The fourth-order valence-corrected chi connectivity index (χ4v) is 2.39. The molecule has 1 aromatic rings. The Labute approximate surface area is 107 Å². The summed E-state index contributed by atoms with van der Waals surface area (Å²) in [6, 6.07) is 0. The molecule has 17 heavy (non-hydrogen) atoms. The minimum atomic E-state index is -0.506. The van der Waals surface area contributed by atoms with Crippen molar-refractivity contribution in [1.29, 1.82) is 0 Å². The van der Waals surface area contributed by atoms with E-state index in [4.69, 9.17) is 11.6 Å². The highest BCUT2D eigenvalue weighted by atomic mass is 35.5. The molecule has 0 saturated carbocycles. The zero-order valence-corrected chi connectivity index (χ0v) is 11.2. The molecule has 1 aliphatic rings. The Morgan fingerprint density at radius 2 is 2.24 bits per heavy atom. The second-order valence-corrected chi connectivity index (χ2v) is 5.57. The van der Waals surface area contributed by atoms with E-state index >= 15 is 0 Å². The molecule has 1 atom stereocenters. The van der Waals surface area contributed by atoms with Crippen LogP contribution >= 0.6 is 11.6 Å². The summed E-state index contributed by atoms with van der Waals surface area (Å²) in [5.41, 5.74) is -0.506. The van der Waals surface area contributed by atoms with Crippen LogP contribution in [0.15, 0.2) is 6.20 Å². The highest BCUT2D eigenvalue weighted by Crippen LogP contribution is 2.22. The van der Waals surface area contributed by atoms with Gasteiger partial charge in [0.2, 0.25) is 0 Å². The summed E-state index contributed by atoms with van der Waals surface area (Å²) < 4.78 is 1.91. The van der Waals surface area contributed by atoms with Crippen LogP contribution in [0.25, 0.3) is 0 Å². The molecule has 0 aliphatic carbocycles. The first-order valence-corrected chi connectivity index (χ1v) is 6.46. The predicted molar refractivity (Wildman–Crippen MR) is 68.0 cm³/mol. The van der Waals surface area contributed by atoms with Gasteiger partial charge in [0.1, 0.15) is 11.0 Å². The molecule has 2 rings (SSSR count). The molecular formula is C12H20ClN3O. The Hall–Kier alpha value is -0.580. The Balaban J connectivity index is 1.98. The molecule has 0 bridgehead atoms. The third-order valence-electron chi connectivity index (χ3n) is 3.55. The highest BCUT2D eigenvalue weighted by Gasteiger charge is 2.25. The normalized spacial score (nSPS) is 27.1. The van der Waals surface area contributed by atoms with Crippen molar-refractivity contribution in [3.8, 4) is 0 Å². The molecule has 1 aliphatic heterocycles. The molecule has 4 nitrogen and oxygen atoms in total. The number of rotatable bonds is 2. The number of hydrogen-bond donors (Lipinski definition) is 1. The van der Waals surface area contributed by atoms with Crippen LogP contribution in [0.5, 0.6) is 0 Å². The molecule has 0 spiro atoms. The maximum absolute atomic E-state index is 10.0. The zero-order valence-electron chi connectivity index (χ0n) is 10.5. The van der Waals surface area contributed by atoms with E-state index in [-0.39, 0.29) is 0 Å². The van der Waals surface area contributed by atoms with Crippen LogP contribution in [0.2, 0.25) is 5.15 Å². The van der Waals surface area contributed by atoms with Gasteiger partial charge >= 0.3 is 0 Å². The molecule has 1 fully saturated rings. The van der Waals surface area contributed by atoms with E-state index in [9.17, 15) is 5.11 Å². The lowest BCUT2D eigenvalue weighted by molar-refractivity contribution is 0.0443. The Kier molecular flexibility index (Phi) is 3.76. The van der Waals surface area contributed by atoms with Gasteiger partial charge in [-0.1, -0.05) is 11.6 Å². The monoisotopic (exact) mass is 257 g/mol. The zero-order chi connectivity index (χ0) is 12.5. The summed E-state index contributed by atoms with van der Waals surface area (Å²) >= 11 is 5.97. The van der Waals surface area contributed by atoms with Gasteiger partial charge in [-0.15, -0.1) is 0 Å². The number of hydrogen-bond acceptors (Lipinski definition) is 3. The van der Waals surface area contributed by atoms with Crippen LogP contribution in [-0.2, 0) is 13.6 Å². The number of halogens is 1. The molecule has 0 aromatic carbocycles. The van der Waals surface area contributed by atoms with E-state index in [0.717, 1.165) is 44.7 Å². The van der Waals surface area contributed by atoms with Crippen molar-refractivity contribution >= 4 is 11.6 Å². The average Bonchev–Trinajstić information content (AvgIpc) is 2.48. The van der Waals surface area contributed by atoms with Crippen LogP contribution in [-0.4, -0.2) is 38.2 Å². The Bertz CT molecular complexity index is 389. The topological polar surface area (TPSA) is 41.3 Å². The molecule has 0 amide bonds. The van der Waals surface area contributed by atoms with E-state index in [1.54, 1.807) is 6.20 Å². The van der Waals surface area contributed by atoms with Crippen LogP contribution in [0.1, 0.15) is 32.0 Å². The van der Waals surface area contributed by atoms with Crippen molar-refractivity contribution in [3.63, 3.8) is 0 Å². The van der Waals surface area contributed by atoms with Crippen molar-refractivity contribution in [1.82, 2.24) is 14.5 Å². The van der Waals surface area contributed by atoms with Gasteiger partial charge in [0.15, 0.2) is 0 Å². The van der Waals surface area contributed by atoms with Crippen molar-refractivity contribution in [3.05, 3.63) is 17.2 Å². The van der Waals surface area contributed by atoms with Crippen molar-refractivity contribution in [2.75, 3.05) is 13.1 Å². The third kappa shape index (κ3) is 3.21. The lowest BCUT2D eigenvalue weighted by Gasteiger charge is -2.22. The van der Waals surface area contributed by atoms with Gasteiger partial charge in [-0.25, -0.2) is 4.98 Å².